The summed E-state index contributed by atoms with van der Waals surface area (Å²) < 4.78 is 3.68. The number of carbonyl (C=O) groups is 2. The summed E-state index contributed by atoms with van der Waals surface area (Å²) in [6.45, 7) is 1.26. The van der Waals surface area contributed by atoms with Gasteiger partial charge in [0.15, 0.2) is 10.1 Å². The van der Waals surface area contributed by atoms with Crippen LogP contribution in [0.2, 0.25) is 0 Å². The first kappa shape index (κ1) is 18.2. The molecule has 6 nitrogen and oxygen atoms in total. The Bertz CT molecular complexity index is 940. The van der Waals surface area contributed by atoms with Gasteiger partial charge in [-0.25, -0.2) is 4.98 Å². The van der Waals surface area contributed by atoms with Crippen molar-refractivity contribution in [2.45, 2.75) is 17.2 Å². The molecule has 0 aliphatic carbocycles. The molecule has 1 aliphatic heterocycles. The highest BCUT2D eigenvalue weighted by molar-refractivity contribution is 8.01. The molecule has 3 aromatic rings. The van der Waals surface area contributed by atoms with E-state index in [-0.39, 0.29) is 17.6 Å². The summed E-state index contributed by atoms with van der Waals surface area (Å²) >= 11 is 3.11. The Labute approximate surface area is 165 Å². The topological polar surface area (TPSA) is 68.1 Å². The number of aryl methyl sites for hydroxylation is 1. The van der Waals surface area contributed by atoms with Gasteiger partial charge in [0.05, 0.1) is 16.0 Å². The highest BCUT2D eigenvalue weighted by atomic mass is 32.2. The monoisotopic (exact) mass is 400 g/mol. The molecule has 0 bridgehead atoms. The van der Waals surface area contributed by atoms with Crippen molar-refractivity contribution >= 4 is 45.0 Å². The van der Waals surface area contributed by atoms with Crippen LogP contribution in [0.25, 0.3) is 10.2 Å². The highest BCUT2D eigenvalue weighted by Gasteiger charge is 2.29. The van der Waals surface area contributed by atoms with Crippen LogP contribution in [-0.2, 0) is 11.8 Å². The first-order chi connectivity index (χ1) is 13.1. The molecule has 1 fully saturated rings. The van der Waals surface area contributed by atoms with Crippen molar-refractivity contribution in [3.05, 3.63) is 42.2 Å². The van der Waals surface area contributed by atoms with E-state index in [1.165, 1.54) is 11.8 Å². The molecule has 0 spiro atoms. The number of piperidine rings is 1. The summed E-state index contributed by atoms with van der Waals surface area (Å²) in [6.07, 6.45) is 3.06. The number of thioether (sulfide) groups is 1. The van der Waals surface area contributed by atoms with Crippen molar-refractivity contribution in [2.24, 2.45) is 13.0 Å². The SMILES string of the molecule is Cn1nccc1C(=O)C1CCN(C(=O)CSc2nc3ccccc3s2)CC1. The lowest BCUT2D eigenvalue weighted by Gasteiger charge is -2.31. The normalized spacial score (nSPS) is 15.4. The van der Waals surface area contributed by atoms with Gasteiger partial charge in [-0.3, -0.25) is 14.3 Å². The van der Waals surface area contributed by atoms with Crippen molar-refractivity contribution < 1.29 is 9.59 Å². The minimum absolute atomic E-state index is 0.0265. The zero-order valence-corrected chi connectivity index (χ0v) is 16.6. The lowest BCUT2D eigenvalue weighted by molar-refractivity contribution is -0.129. The van der Waals surface area contributed by atoms with Crippen LogP contribution in [0.15, 0.2) is 40.9 Å². The number of aromatic nitrogens is 3. The van der Waals surface area contributed by atoms with Crippen molar-refractivity contribution in [1.82, 2.24) is 19.7 Å². The Morgan fingerprint density at radius 2 is 2.00 bits per heavy atom. The van der Waals surface area contributed by atoms with Gasteiger partial charge in [0.1, 0.15) is 5.69 Å². The van der Waals surface area contributed by atoms with E-state index in [1.54, 1.807) is 35.3 Å². The van der Waals surface area contributed by atoms with Crippen LogP contribution in [0.4, 0.5) is 0 Å². The number of carbonyl (C=O) groups excluding carboxylic acids is 2. The Balaban J connectivity index is 1.29. The van der Waals surface area contributed by atoms with Gasteiger partial charge in [-0.05, 0) is 31.0 Å². The van der Waals surface area contributed by atoms with Crippen molar-refractivity contribution in [3.63, 3.8) is 0 Å². The summed E-state index contributed by atoms with van der Waals surface area (Å²) in [4.78, 5) is 31.5. The van der Waals surface area contributed by atoms with Gasteiger partial charge in [0, 0.05) is 32.3 Å². The number of amides is 1. The molecule has 0 atom stereocenters. The van der Waals surface area contributed by atoms with Crippen LogP contribution in [0, 0.1) is 5.92 Å². The van der Waals surface area contributed by atoms with E-state index >= 15 is 0 Å². The Hall–Kier alpha value is -2.19. The average molecular weight is 401 g/mol. The van der Waals surface area contributed by atoms with Crippen LogP contribution in [0.1, 0.15) is 23.3 Å². The van der Waals surface area contributed by atoms with Crippen LogP contribution in [0.3, 0.4) is 0 Å². The largest absolute Gasteiger partial charge is 0.342 e. The summed E-state index contributed by atoms with van der Waals surface area (Å²) in [5.74, 6) is 0.609. The third kappa shape index (κ3) is 3.91. The minimum Gasteiger partial charge on any atom is -0.342 e. The number of likely N-dealkylation sites (tertiary alicyclic amines) is 1. The molecule has 1 amide bonds. The second-order valence-electron chi connectivity index (χ2n) is 6.60. The van der Waals surface area contributed by atoms with E-state index < -0.39 is 0 Å². The van der Waals surface area contributed by atoms with Crippen molar-refractivity contribution in [2.75, 3.05) is 18.8 Å². The van der Waals surface area contributed by atoms with E-state index in [1.807, 2.05) is 29.2 Å². The third-order valence-electron chi connectivity index (χ3n) is 4.89. The Morgan fingerprint density at radius 1 is 1.22 bits per heavy atom. The standard InChI is InChI=1S/C19H20N4O2S2/c1-22-15(6-9-20-22)18(25)13-7-10-23(11-8-13)17(24)12-26-19-21-14-4-2-3-5-16(14)27-19/h2-6,9,13H,7-8,10-12H2,1H3. The number of fused-ring (bicyclic) bond motifs is 1. The van der Waals surface area contributed by atoms with Gasteiger partial charge < -0.3 is 4.90 Å². The van der Waals surface area contributed by atoms with Crippen LogP contribution in [0.5, 0.6) is 0 Å². The maximum absolute atomic E-state index is 12.6. The lowest BCUT2D eigenvalue weighted by atomic mass is 9.91. The second kappa shape index (κ2) is 7.82. The van der Waals surface area contributed by atoms with Crippen molar-refractivity contribution in [1.29, 1.82) is 0 Å². The molecule has 140 valence electrons. The molecular weight excluding hydrogens is 380 g/mol. The molecule has 1 aromatic carbocycles. The summed E-state index contributed by atoms with van der Waals surface area (Å²) in [5.41, 5.74) is 1.62. The summed E-state index contributed by atoms with van der Waals surface area (Å²) in [7, 11) is 1.78. The number of ketones is 1. The number of hydrogen-bond acceptors (Lipinski definition) is 6. The fourth-order valence-corrected chi connectivity index (χ4v) is 5.31. The average Bonchev–Trinajstić information content (AvgIpc) is 3.31. The first-order valence-electron chi connectivity index (χ1n) is 8.90. The van der Waals surface area contributed by atoms with Gasteiger partial charge in [-0.15, -0.1) is 11.3 Å². The predicted octanol–water partition coefficient (Wildman–Crippen LogP) is 3.24. The number of thiazole rings is 1. The van der Waals surface area contributed by atoms with Crippen molar-refractivity contribution in [3.8, 4) is 0 Å². The lowest BCUT2D eigenvalue weighted by Crippen LogP contribution is -2.41. The van der Waals surface area contributed by atoms with Gasteiger partial charge in [-0.2, -0.15) is 5.10 Å². The van der Waals surface area contributed by atoms with Gasteiger partial charge in [0.2, 0.25) is 5.91 Å². The maximum atomic E-state index is 12.6. The maximum Gasteiger partial charge on any atom is 0.233 e. The van der Waals surface area contributed by atoms with E-state index in [9.17, 15) is 9.59 Å². The summed E-state index contributed by atoms with van der Waals surface area (Å²) in [6, 6.07) is 9.76. The molecule has 0 saturated carbocycles. The quantitative estimate of drug-likeness (QED) is 0.486. The molecular formula is C19H20N4O2S2. The second-order valence-corrected chi connectivity index (χ2v) is 8.85. The Morgan fingerprint density at radius 3 is 2.70 bits per heavy atom. The molecule has 0 N–H and O–H groups in total. The molecule has 0 unspecified atom stereocenters. The molecule has 3 heterocycles. The molecule has 1 aliphatic rings. The molecule has 8 heteroatoms. The number of nitrogens with zero attached hydrogens (tertiary/aromatic N) is 4. The third-order valence-corrected chi connectivity index (χ3v) is 7.05. The molecule has 27 heavy (non-hydrogen) atoms. The van der Waals surface area contributed by atoms with Gasteiger partial charge in [0.25, 0.3) is 0 Å². The van der Waals surface area contributed by atoms with Crippen LogP contribution >= 0.6 is 23.1 Å². The number of benzene rings is 1. The minimum atomic E-state index is -0.0265. The van der Waals surface area contributed by atoms with Crippen LogP contribution < -0.4 is 0 Å². The highest BCUT2D eigenvalue weighted by Crippen LogP contribution is 2.30. The molecule has 0 radical (unpaired) electrons. The van der Waals surface area contributed by atoms with Crippen LogP contribution in [-0.4, -0.2) is 50.2 Å². The first-order valence-corrected chi connectivity index (χ1v) is 10.7. The molecule has 1 saturated heterocycles. The van der Waals surface area contributed by atoms with Gasteiger partial charge in [-0.1, -0.05) is 23.9 Å². The zero-order chi connectivity index (χ0) is 18.8. The summed E-state index contributed by atoms with van der Waals surface area (Å²) in [5, 5.41) is 4.07. The van der Waals surface area contributed by atoms with E-state index in [2.05, 4.69) is 10.1 Å². The van der Waals surface area contributed by atoms with E-state index in [4.69, 9.17) is 0 Å². The van der Waals surface area contributed by atoms with E-state index in [0.29, 0.717) is 37.4 Å². The fourth-order valence-electron chi connectivity index (χ4n) is 3.34. The fraction of sp³-hybridized carbons (Fsp3) is 0.368. The Kier molecular flexibility index (Phi) is 5.27. The molecule has 2 aromatic heterocycles. The number of Topliss-reactive ketones (excluding diaryl/α,β-unsaturated/α-hetero) is 1. The number of para-hydroxylation sites is 1. The smallest absolute Gasteiger partial charge is 0.233 e. The number of hydrogen-bond donors (Lipinski definition) is 0. The predicted molar refractivity (Wildman–Crippen MR) is 107 cm³/mol. The zero-order valence-electron chi connectivity index (χ0n) is 15.0. The van der Waals surface area contributed by atoms with Gasteiger partial charge >= 0.3 is 0 Å². The number of rotatable bonds is 5. The van der Waals surface area contributed by atoms with E-state index in [0.717, 1.165) is 14.6 Å². The molecule has 4 rings (SSSR count).